The van der Waals surface area contributed by atoms with Crippen LogP contribution in [0.3, 0.4) is 0 Å². The van der Waals surface area contributed by atoms with Crippen LogP contribution in [0.1, 0.15) is 50.7 Å². The van der Waals surface area contributed by atoms with Crippen molar-refractivity contribution in [3.8, 4) is 0 Å². The number of hydrogen-bond acceptors (Lipinski definition) is 4. The van der Waals surface area contributed by atoms with Gasteiger partial charge in [0.25, 0.3) is 0 Å². The van der Waals surface area contributed by atoms with Gasteiger partial charge in [0.2, 0.25) is 0 Å². The third-order valence-electron chi connectivity index (χ3n) is 6.08. The number of carbonyl (C=O) groups excluding carboxylic acids is 2. The standard InChI is InChI=1S/C26H25Cl2NO3/c1-15-22(25(31)32-14-16-7-5-4-6-8-16)23(17-9-10-18(27)19(28)11-17)24-20(29-15)12-26(2,3)13-21(24)30/h4-11,22-23H,12-14H2,1-3H3/t22?,23-/m0/s1. The van der Waals surface area contributed by atoms with Crippen LogP contribution in [0.15, 0.2) is 64.8 Å². The van der Waals surface area contributed by atoms with E-state index in [0.717, 1.165) is 16.8 Å². The zero-order valence-corrected chi connectivity index (χ0v) is 19.8. The van der Waals surface area contributed by atoms with E-state index in [-0.39, 0.29) is 17.8 Å². The molecule has 0 saturated carbocycles. The van der Waals surface area contributed by atoms with E-state index in [1.54, 1.807) is 12.1 Å². The normalized spacial score (nSPS) is 22.3. The average molecular weight is 470 g/mol. The smallest absolute Gasteiger partial charge is 0.315 e. The molecule has 32 heavy (non-hydrogen) atoms. The van der Waals surface area contributed by atoms with Crippen LogP contribution in [-0.2, 0) is 20.9 Å². The van der Waals surface area contributed by atoms with Crippen molar-refractivity contribution in [2.24, 2.45) is 16.3 Å². The Morgan fingerprint density at radius 2 is 1.81 bits per heavy atom. The Bertz CT molecular complexity index is 1140. The van der Waals surface area contributed by atoms with E-state index < -0.39 is 17.8 Å². The number of ether oxygens (including phenoxy) is 1. The van der Waals surface area contributed by atoms with Crippen LogP contribution in [0.2, 0.25) is 10.0 Å². The van der Waals surface area contributed by atoms with E-state index in [4.69, 9.17) is 32.9 Å². The molecule has 2 atom stereocenters. The fraction of sp³-hybridized carbons (Fsp3) is 0.346. The molecule has 0 amide bonds. The highest BCUT2D eigenvalue weighted by Crippen LogP contribution is 2.48. The molecule has 2 aromatic rings. The lowest BCUT2D eigenvalue weighted by Gasteiger charge is -2.39. The van der Waals surface area contributed by atoms with Gasteiger partial charge in [0.05, 0.1) is 10.0 Å². The van der Waals surface area contributed by atoms with Gasteiger partial charge in [-0.3, -0.25) is 14.6 Å². The topological polar surface area (TPSA) is 55.7 Å². The minimum Gasteiger partial charge on any atom is -0.460 e. The van der Waals surface area contributed by atoms with Gasteiger partial charge in [-0.05, 0) is 42.0 Å². The second kappa shape index (κ2) is 8.84. The quantitative estimate of drug-likeness (QED) is 0.476. The van der Waals surface area contributed by atoms with E-state index in [1.807, 2.05) is 43.3 Å². The molecule has 0 N–H and O–H groups in total. The third kappa shape index (κ3) is 4.53. The van der Waals surface area contributed by atoms with E-state index >= 15 is 0 Å². The maximum Gasteiger partial charge on any atom is 0.315 e. The molecular formula is C26H25Cl2NO3. The van der Waals surface area contributed by atoms with Crippen molar-refractivity contribution in [1.82, 2.24) is 0 Å². The van der Waals surface area contributed by atoms with Crippen molar-refractivity contribution >= 4 is 40.7 Å². The monoisotopic (exact) mass is 469 g/mol. The van der Waals surface area contributed by atoms with Crippen molar-refractivity contribution in [2.75, 3.05) is 0 Å². The molecule has 0 bridgehead atoms. The van der Waals surface area contributed by atoms with Crippen LogP contribution in [0, 0.1) is 11.3 Å². The summed E-state index contributed by atoms with van der Waals surface area (Å²) in [7, 11) is 0. The molecule has 2 aromatic carbocycles. The van der Waals surface area contributed by atoms with Gasteiger partial charge in [-0.25, -0.2) is 0 Å². The van der Waals surface area contributed by atoms with Gasteiger partial charge in [-0.1, -0.05) is 73.4 Å². The molecule has 1 aliphatic carbocycles. The number of aliphatic imine (C=N–C) groups is 1. The Morgan fingerprint density at radius 1 is 1.09 bits per heavy atom. The number of allylic oxidation sites excluding steroid dienone is 2. The molecule has 0 radical (unpaired) electrons. The number of carbonyl (C=O) groups is 2. The summed E-state index contributed by atoms with van der Waals surface area (Å²) in [6.07, 6.45) is 1.08. The van der Waals surface area contributed by atoms with Gasteiger partial charge in [0.15, 0.2) is 5.78 Å². The largest absolute Gasteiger partial charge is 0.460 e. The summed E-state index contributed by atoms with van der Waals surface area (Å²) in [5, 5.41) is 0.802. The lowest BCUT2D eigenvalue weighted by atomic mass is 9.67. The Labute approximate surface area is 198 Å². The molecular weight excluding hydrogens is 445 g/mol. The van der Waals surface area contributed by atoms with Crippen LogP contribution in [0.25, 0.3) is 0 Å². The van der Waals surface area contributed by atoms with Gasteiger partial charge in [-0.15, -0.1) is 0 Å². The number of ketones is 1. The minimum atomic E-state index is -0.708. The molecule has 0 aromatic heterocycles. The number of rotatable bonds is 4. The average Bonchev–Trinajstić information content (AvgIpc) is 2.73. The molecule has 166 valence electrons. The second-order valence-corrected chi connectivity index (χ2v) is 10.1. The molecule has 2 aliphatic rings. The first-order valence-electron chi connectivity index (χ1n) is 10.6. The van der Waals surface area contributed by atoms with Crippen LogP contribution in [0.5, 0.6) is 0 Å². The van der Waals surface area contributed by atoms with Gasteiger partial charge >= 0.3 is 5.97 Å². The van der Waals surface area contributed by atoms with Crippen LogP contribution in [-0.4, -0.2) is 17.5 Å². The van der Waals surface area contributed by atoms with E-state index in [2.05, 4.69) is 13.8 Å². The molecule has 1 unspecified atom stereocenters. The highest BCUT2D eigenvalue weighted by atomic mass is 35.5. The van der Waals surface area contributed by atoms with Crippen molar-refractivity contribution in [2.45, 2.75) is 46.1 Å². The summed E-state index contributed by atoms with van der Waals surface area (Å²) in [6.45, 7) is 6.11. The fourth-order valence-corrected chi connectivity index (χ4v) is 4.94. The molecule has 4 rings (SSSR count). The number of esters is 1. The number of halogens is 2. The van der Waals surface area contributed by atoms with E-state index in [9.17, 15) is 9.59 Å². The van der Waals surface area contributed by atoms with Crippen LogP contribution in [0.4, 0.5) is 0 Å². The Kier molecular flexibility index (Phi) is 6.28. The Hall–Kier alpha value is -2.43. The van der Waals surface area contributed by atoms with Gasteiger partial charge in [0, 0.05) is 29.3 Å². The summed E-state index contributed by atoms with van der Waals surface area (Å²) in [4.78, 5) is 31.4. The van der Waals surface area contributed by atoms with Gasteiger partial charge in [0.1, 0.15) is 12.5 Å². The molecule has 1 heterocycles. The van der Waals surface area contributed by atoms with Gasteiger partial charge < -0.3 is 4.74 Å². The first-order chi connectivity index (χ1) is 15.2. The molecule has 0 spiro atoms. The summed E-state index contributed by atoms with van der Waals surface area (Å²) in [6, 6.07) is 14.8. The van der Waals surface area contributed by atoms with Crippen molar-refractivity contribution in [3.05, 3.63) is 81.0 Å². The highest BCUT2D eigenvalue weighted by molar-refractivity contribution is 6.42. The lowest BCUT2D eigenvalue weighted by Crippen LogP contribution is -2.39. The molecule has 4 nitrogen and oxygen atoms in total. The van der Waals surface area contributed by atoms with Crippen LogP contribution >= 0.6 is 23.2 Å². The molecule has 1 aliphatic heterocycles. The zero-order valence-electron chi connectivity index (χ0n) is 18.3. The summed E-state index contributed by atoms with van der Waals surface area (Å²) < 4.78 is 5.69. The predicted molar refractivity (Wildman–Crippen MR) is 127 cm³/mol. The number of Topliss-reactive ketones (excluding diaryl/α,β-unsaturated/α-hetero) is 1. The van der Waals surface area contributed by atoms with E-state index in [0.29, 0.717) is 34.2 Å². The number of nitrogens with zero attached hydrogens (tertiary/aromatic N) is 1. The predicted octanol–water partition coefficient (Wildman–Crippen LogP) is 6.55. The van der Waals surface area contributed by atoms with Gasteiger partial charge in [-0.2, -0.15) is 0 Å². The zero-order chi connectivity index (χ0) is 23.0. The number of hydrogen-bond donors (Lipinski definition) is 0. The molecule has 0 saturated heterocycles. The Morgan fingerprint density at radius 3 is 2.50 bits per heavy atom. The van der Waals surface area contributed by atoms with Crippen LogP contribution < -0.4 is 0 Å². The summed E-state index contributed by atoms with van der Waals surface area (Å²) in [5.74, 6) is -1.61. The molecule has 6 heteroatoms. The second-order valence-electron chi connectivity index (χ2n) is 9.28. The van der Waals surface area contributed by atoms with E-state index in [1.165, 1.54) is 0 Å². The summed E-state index contributed by atoms with van der Waals surface area (Å²) in [5.41, 5.74) is 3.47. The van der Waals surface area contributed by atoms with Crippen molar-refractivity contribution < 1.29 is 14.3 Å². The first kappa shape index (κ1) is 22.8. The third-order valence-corrected chi connectivity index (χ3v) is 6.82. The Balaban J connectivity index is 1.75. The summed E-state index contributed by atoms with van der Waals surface area (Å²) >= 11 is 12.5. The van der Waals surface area contributed by atoms with Crippen molar-refractivity contribution in [1.29, 1.82) is 0 Å². The first-order valence-corrected chi connectivity index (χ1v) is 11.4. The maximum atomic E-state index is 13.3. The highest BCUT2D eigenvalue weighted by Gasteiger charge is 2.46. The SMILES string of the molecule is CC1=NC2=C(C(=O)CC(C)(C)C2)[C@@H](c2ccc(Cl)c(Cl)c2)C1C(=O)OCc1ccccc1. The minimum absolute atomic E-state index is 0.0180. The molecule has 0 fully saturated rings. The number of benzene rings is 2. The lowest BCUT2D eigenvalue weighted by molar-refractivity contribution is -0.148. The van der Waals surface area contributed by atoms with Crippen molar-refractivity contribution in [3.63, 3.8) is 0 Å². The fourth-order valence-electron chi connectivity index (χ4n) is 4.63. The maximum absolute atomic E-state index is 13.3.